The molecule has 0 spiro atoms. The van der Waals surface area contributed by atoms with Crippen molar-refractivity contribution in [2.45, 2.75) is 26.4 Å². The fourth-order valence-corrected chi connectivity index (χ4v) is 2.99. The minimum Gasteiger partial charge on any atom is -0.365 e. The Labute approximate surface area is 139 Å². The predicted molar refractivity (Wildman–Crippen MR) is 94.7 cm³/mol. The minimum atomic E-state index is 0.275. The Kier molecular flexibility index (Phi) is 4.40. The summed E-state index contributed by atoms with van der Waals surface area (Å²) in [6, 6.07) is 11.9. The van der Waals surface area contributed by atoms with Gasteiger partial charge in [0.1, 0.15) is 5.82 Å². The van der Waals surface area contributed by atoms with Crippen molar-refractivity contribution in [1.82, 2.24) is 9.97 Å². The van der Waals surface area contributed by atoms with E-state index >= 15 is 0 Å². The molecule has 5 nitrogen and oxygen atoms in total. The van der Waals surface area contributed by atoms with Gasteiger partial charge in [-0.25, -0.2) is 4.98 Å². The van der Waals surface area contributed by atoms with Crippen LogP contribution in [0.5, 0.6) is 0 Å². The van der Waals surface area contributed by atoms with Crippen LogP contribution in [-0.2, 0) is 6.54 Å². The van der Waals surface area contributed by atoms with Gasteiger partial charge < -0.3 is 10.6 Å². The number of hydrogen-bond donors (Lipinski definition) is 2. The maximum atomic E-state index is 8.85. The van der Waals surface area contributed by atoms with Gasteiger partial charge >= 0.3 is 0 Å². The quantitative estimate of drug-likeness (QED) is 0.742. The Balaban J connectivity index is 1.83. The molecule has 6 heteroatoms. The fraction of sp³-hybridized carbons (Fsp3) is 0.235. The van der Waals surface area contributed by atoms with E-state index in [0.29, 0.717) is 18.1 Å². The molecule has 0 unspecified atom stereocenters. The van der Waals surface area contributed by atoms with Crippen molar-refractivity contribution in [2.24, 2.45) is 0 Å². The molecule has 0 aliphatic carbocycles. The number of fused-ring (bicyclic) bond motifs is 1. The van der Waals surface area contributed by atoms with Crippen LogP contribution in [0.2, 0.25) is 0 Å². The summed E-state index contributed by atoms with van der Waals surface area (Å²) in [7, 11) is 0. The molecule has 0 atom stereocenters. The number of nitrogens with one attached hydrogen (secondary N) is 2. The maximum absolute atomic E-state index is 8.85. The van der Waals surface area contributed by atoms with E-state index in [1.54, 1.807) is 11.3 Å². The van der Waals surface area contributed by atoms with E-state index in [2.05, 4.69) is 40.5 Å². The predicted octanol–water partition coefficient (Wildman–Crippen LogP) is 4.00. The molecular weight excluding hydrogens is 306 g/mol. The molecule has 1 aromatic carbocycles. The smallest absolute Gasteiger partial charge is 0.225 e. The molecule has 0 saturated heterocycles. The Morgan fingerprint density at radius 3 is 2.65 bits per heavy atom. The molecule has 2 heterocycles. The molecule has 0 bridgehead atoms. The van der Waals surface area contributed by atoms with E-state index in [9.17, 15) is 0 Å². The lowest BCUT2D eigenvalue weighted by Gasteiger charge is -2.11. The highest BCUT2D eigenvalue weighted by atomic mass is 32.1. The molecule has 3 aromatic rings. The van der Waals surface area contributed by atoms with Crippen molar-refractivity contribution >= 4 is 33.3 Å². The standard InChI is InChI=1S/C17H17N5S/c1-11(2)20-17-21-14-7-8-23-15(14)16(22-17)19-10-13-5-3-12(9-18)4-6-13/h3-8,11H,10H2,1-2H3,(H2,19,20,21,22). The van der Waals surface area contributed by atoms with Gasteiger partial charge in [0.25, 0.3) is 0 Å². The summed E-state index contributed by atoms with van der Waals surface area (Å²) in [6.07, 6.45) is 0. The molecule has 0 saturated carbocycles. The summed E-state index contributed by atoms with van der Waals surface area (Å²) < 4.78 is 1.05. The number of nitriles is 1. The van der Waals surface area contributed by atoms with Gasteiger partial charge in [0, 0.05) is 12.6 Å². The van der Waals surface area contributed by atoms with Crippen molar-refractivity contribution < 1.29 is 0 Å². The molecule has 0 aliphatic heterocycles. The van der Waals surface area contributed by atoms with Gasteiger partial charge in [-0.3, -0.25) is 0 Å². The van der Waals surface area contributed by atoms with Crippen LogP contribution in [0.1, 0.15) is 25.0 Å². The van der Waals surface area contributed by atoms with Gasteiger partial charge in [0.15, 0.2) is 0 Å². The molecule has 116 valence electrons. The van der Waals surface area contributed by atoms with Crippen LogP contribution in [0.15, 0.2) is 35.7 Å². The third-order valence-electron chi connectivity index (χ3n) is 3.26. The lowest BCUT2D eigenvalue weighted by molar-refractivity contribution is 0.877. The Bertz CT molecular complexity index is 846. The van der Waals surface area contributed by atoms with Crippen LogP contribution in [0.25, 0.3) is 10.2 Å². The fourth-order valence-electron chi connectivity index (χ4n) is 2.19. The molecule has 2 aromatic heterocycles. The van der Waals surface area contributed by atoms with Gasteiger partial charge in [-0.1, -0.05) is 12.1 Å². The minimum absolute atomic E-state index is 0.275. The molecule has 23 heavy (non-hydrogen) atoms. The van der Waals surface area contributed by atoms with Crippen LogP contribution in [0.3, 0.4) is 0 Å². The highest BCUT2D eigenvalue weighted by Gasteiger charge is 2.09. The molecule has 0 aliphatic rings. The monoisotopic (exact) mass is 323 g/mol. The van der Waals surface area contributed by atoms with E-state index < -0.39 is 0 Å². The topological polar surface area (TPSA) is 73.6 Å². The first-order valence-electron chi connectivity index (χ1n) is 7.40. The van der Waals surface area contributed by atoms with Crippen LogP contribution in [0.4, 0.5) is 11.8 Å². The Morgan fingerprint density at radius 2 is 1.96 bits per heavy atom. The van der Waals surface area contributed by atoms with Crippen molar-refractivity contribution in [2.75, 3.05) is 10.6 Å². The summed E-state index contributed by atoms with van der Waals surface area (Å²) in [4.78, 5) is 9.11. The van der Waals surface area contributed by atoms with Crippen LogP contribution in [-0.4, -0.2) is 16.0 Å². The largest absolute Gasteiger partial charge is 0.365 e. The van der Waals surface area contributed by atoms with E-state index in [1.165, 1.54) is 0 Å². The SMILES string of the molecule is CC(C)Nc1nc(NCc2ccc(C#N)cc2)c2sccc2n1. The van der Waals surface area contributed by atoms with Gasteiger partial charge in [0.2, 0.25) is 5.95 Å². The zero-order valence-corrected chi connectivity index (χ0v) is 13.8. The van der Waals surface area contributed by atoms with Crippen molar-refractivity contribution in [1.29, 1.82) is 5.26 Å². The summed E-state index contributed by atoms with van der Waals surface area (Å²) in [6.45, 7) is 4.77. The lowest BCUT2D eigenvalue weighted by atomic mass is 10.1. The number of hydrogen-bond acceptors (Lipinski definition) is 6. The van der Waals surface area contributed by atoms with Crippen LogP contribution >= 0.6 is 11.3 Å². The first kappa shape index (κ1) is 15.3. The zero-order chi connectivity index (χ0) is 16.2. The van der Waals surface area contributed by atoms with Gasteiger partial charge in [-0.05, 0) is 43.0 Å². The Hall–Kier alpha value is -2.65. The number of rotatable bonds is 5. The number of anilines is 2. The van der Waals surface area contributed by atoms with Gasteiger partial charge in [-0.15, -0.1) is 11.3 Å². The second-order valence-corrected chi connectivity index (χ2v) is 6.41. The first-order chi connectivity index (χ1) is 11.2. The normalized spacial score (nSPS) is 10.7. The van der Waals surface area contributed by atoms with Gasteiger partial charge in [0.05, 0.1) is 21.8 Å². The molecule has 0 fully saturated rings. The Morgan fingerprint density at radius 1 is 1.17 bits per heavy atom. The van der Waals surface area contributed by atoms with E-state index in [0.717, 1.165) is 21.6 Å². The van der Waals surface area contributed by atoms with E-state index in [4.69, 9.17) is 5.26 Å². The average Bonchev–Trinajstić information content (AvgIpc) is 3.01. The summed E-state index contributed by atoms with van der Waals surface area (Å²) in [5, 5.41) is 17.5. The van der Waals surface area contributed by atoms with Crippen molar-refractivity contribution in [3.05, 3.63) is 46.8 Å². The zero-order valence-electron chi connectivity index (χ0n) is 13.0. The summed E-state index contributed by atoms with van der Waals surface area (Å²) in [5.41, 5.74) is 2.71. The number of aromatic nitrogens is 2. The number of thiophene rings is 1. The second-order valence-electron chi connectivity index (χ2n) is 5.49. The number of nitrogens with zero attached hydrogens (tertiary/aromatic N) is 3. The lowest BCUT2D eigenvalue weighted by Crippen LogP contribution is -2.13. The van der Waals surface area contributed by atoms with Crippen molar-refractivity contribution in [3.8, 4) is 6.07 Å². The average molecular weight is 323 g/mol. The third-order valence-corrected chi connectivity index (χ3v) is 4.17. The highest BCUT2D eigenvalue weighted by Crippen LogP contribution is 2.27. The third kappa shape index (κ3) is 3.58. The molecular formula is C17H17N5S. The summed E-state index contributed by atoms with van der Waals surface area (Å²) >= 11 is 1.62. The molecule has 0 radical (unpaired) electrons. The van der Waals surface area contributed by atoms with Crippen molar-refractivity contribution in [3.63, 3.8) is 0 Å². The highest BCUT2D eigenvalue weighted by molar-refractivity contribution is 7.17. The van der Waals surface area contributed by atoms with E-state index in [1.807, 2.05) is 35.7 Å². The molecule has 0 amide bonds. The number of benzene rings is 1. The van der Waals surface area contributed by atoms with Crippen LogP contribution in [0, 0.1) is 11.3 Å². The second kappa shape index (κ2) is 6.63. The van der Waals surface area contributed by atoms with Crippen LogP contribution < -0.4 is 10.6 Å². The molecule has 3 rings (SSSR count). The maximum Gasteiger partial charge on any atom is 0.225 e. The van der Waals surface area contributed by atoms with E-state index in [-0.39, 0.29) is 6.04 Å². The van der Waals surface area contributed by atoms with Gasteiger partial charge in [-0.2, -0.15) is 10.2 Å². The summed E-state index contributed by atoms with van der Waals surface area (Å²) in [5.74, 6) is 1.46. The molecule has 2 N–H and O–H groups in total. The first-order valence-corrected chi connectivity index (χ1v) is 8.28.